The lowest BCUT2D eigenvalue weighted by atomic mass is 10.1. The van der Waals surface area contributed by atoms with Crippen molar-refractivity contribution in [2.45, 2.75) is 63.7 Å². The molecule has 12 nitrogen and oxygen atoms in total. The van der Waals surface area contributed by atoms with E-state index >= 15 is 0 Å². The molecule has 4 rings (SSSR count). The number of aromatic nitrogens is 1. The number of carboxylic acid groups (broad SMARTS) is 1. The van der Waals surface area contributed by atoms with E-state index in [1.165, 1.54) is 10.6 Å². The molecule has 0 spiro atoms. The molecular weight excluding hydrogens is 607 g/mol. The molecule has 0 bridgehead atoms. The summed E-state index contributed by atoms with van der Waals surface area (Å²) in [6, 6.07) is 3.35. The number of oxazole rings is 1. The van der Waals surface area contributed by atoms with Crippen molar-refractivity contribution in [2.24, 2.45) is 0 Å². The van der Waals surface area contributed by atoms with E-state index in [0.717, 1.165) is 58.5 Å². The molecular formula is C28H40F3N5O7S. The number of benzene rings is 1. The molecule has 1 aliphatic carbocycles. The molecule has 0 atom stereocenters. The van der Waals surface area contributed by atoms with Gasteiger partial charge in [0.05, 0.1) is 18.6 Å². The van der Waals surface area contributed by atoms with Crippen molar-refractivity contribution in [3.63, 3.8) is 0 Å². The van der Waals surface area contributed by atoms with E-state index in [0.29, 0.717) is 23.4 Å². The molecule has 246 valence electrons. The van der Waals surface area contributed by atoms with Crippen LogP contribution in [-0.4, -0.2) is 110 Å². The zero-order valence-electron chi connectivity index (χ0n) is 25.3. The minimum atomic E-state index is -5.08. The van der Waals surface area contributed by atoms with Crippen LogP contribution in [0.15, 0.2) is 27.7 Å². The fourth-order valence-corrected chi connectivity index (χ4v) is 6.92. The number of alkyl halides is 3. The summed E-state index contributed by atoms with van der Waals surface area (Å²) in [4.78, 5) is 30.9. The van der Waals surface area contributed by atoms with Crippen molar-refractivity contribution in [3.05, 3.63) is 41.1 Å². The molecule has 0 radical (unpaired) electrons. The number of hydrogen-bond donors (Lipinski definition) is 2. The molecule has 1 aliphatic heterocycles. The third-order valence-corrected chi connectivity index (χ3v) is 9.56. The van der Waals surface area contributed by atoms with Crippen LogP contribution in [-0.2, 0) is 21.4 Å². The van der Waals surface area contributed by atoms with Gasteiger partial charge in [-0.1, -0.05) is 6.92 Å². The number of likely N-dealkylation sites (N-methyl/N-ethyl adjacent to an activating group) is 1. The van der Waals surface area contributed by atoms with Crippen LogP contribution in [0, 0.1) is 13.8 Å². The Labute approximate surface area is 255 Å². The van der Waals surface area contributed by atoms with Crippen LogP contribution >= 0.6 is 0 Å². The summed E-state index contributed by atoms with van der Waals surface area (Å²) < 4.78 is 71.3. The van der Waals surface area contributed by atoms with Gasteiger partial charge in [-0.2, -0.15) is 17.5 Å². The molecule has 1 saturated heterocycles. The van der Waals surface area contributed by atoms with Crippen LogP contribution in [0.5, 0.6) is 5.75 Å². The second-order valence-corrected chi connectivity index (χ2v) is 12.5. The quantitative estimate of drug-likeness (QED) is 0.330. The third-order valence-electron chi connectivity index (χ3n) is 7.36. The van der Waals surface area contributed by atoms with Gasteiger partial charge >= 0.3 is 12.1 Å². The summed E-state index contributed by atoms with van der Waals surface area (Å²) in [5, 5.41) is 10.0. The minimum Gasteiger partial charge on any atom is -0.497 e. The zero-order valence-corrected chi connectivity index (χ0v) is 26.1. The number of piperazine rings is 1. The third kappa shape index (κ3) is 9.64. The molecule has 2 fully saturated rings. The lowest BCUT2D eigenvalue weighted by Gasteiger charge is -2.33. The number of rotatable bonds is 12. The van der Waals surface area contributed by atoms with E-state index in [4.69, 9.17) is 19.1 Å². The number of halogens is 3. The summed E-state index contributed by atoms with van der Waals surface area (Å²) in [7, 11) is -2.24. The van der Waals surface area contributed by atoms with Gasteiger partial charge in [0.1, 0.15) is 12.0 Å². The van der Waals surface area contributed by atoms with Crippen molar-refractivity contribution in [2.75, 3.05) is 52.9 Å². The number of amides is 1. The van der Waals surface area contributed by atoms with E-state index < -0.39 is 22.2 Å². The summed E-state index contributed by atoms with van der Waals surface area (Å²) in [5.74, 6) is -2.24. The highest BCUT2D eigenvalue weighted by molar-refractivity contribution is 7.89. The molecule has 0 unspecified atom stereocenters. The molecule has 2 aromatic rings. The van der Waals surface area contributed by atoms with Gasteiger partial charge in [-0.3, -0.25) is 4.79 Å². The number of ether oxygens (including phenoxy) is 1. The topological polar surface area (TPSA) is 146 Å². The smallest absolute Gasteiger partial charge is 0.490 e. The second-order valence-electron chi connectivity index (χ2n) is 10.7. The number of carboxylic acids is 1. The average molecular weight is 648 g/mol. The van der Waals surface area contributed by atoms with E-state index in [-0.39, 0.29) is 35.0 Å². The average Bonchev–Trinajstić information content (AvgIpc) is 3.69. The molecule has 2 aliphatic rings. The monoisotopic (exact) mass is 647 g/mol. The molecule has 16 heteroatoms. The lowest BCUT2D eigenvalue weighted by molar-refractivity contribution is -0.192. The molecule has 44 heavy (non-hydrogen) atoms. The standard InChI is InChI=1S/C26H39N5O5S.C2HF3O2/c1-5-29-11-13-30(14-12-29)10-6-9-27-26(32)23-18-36-24(28-23)17-31(21-7-8-21)37(33,34)25-19(2)15-22(35-4)16-20(25)3;3-2(4,5)1(6)7/h15-16,18,21H,5-14,17H2,1-4H3,(H,27,32);(H,6,7). The number of carbonyl (C=O) groups excluding carboxylic acids is 1. The first-order chi connectivity index (χ1) is 20.7. The first-order valence-electron chi connectivity index (χ1n) is 14.3. The highest BCUT2D eigenvalue weighted by Crippen LogP contribution is 2.36. The Balaban J connectivity index is 0.000000676. The van der Waals surface area contributed by atoms with Gasteiger partial charge in [-0.25, -0.2) is 18.2 Å². The molecule has 1 saturated carbocycles. The summed E-state index contributed by atoms with van der Waals surface area (Å²) >= 11 is 0. The Morgan fingerprint density at radius 1 is 1.14 bits per heavy atom. The minimum absolute atomic E-state index is 0.0189. The second kappa shape index (κ2) is 15.2. The van der Waals surface area contributed by atoms with Crippen LogP contribution in [0.1, 0.15) is 53.7 Å². The Morgan fingerprint density at radius 3 is 2.20 bits per heavy atom. The summed E-state index contributed by atoms with van der Waals surface area (Å²) in [5.41, 5.74) is 1.42. The van der Waals surface area contributed by atoms with Crippen LogP contribution < -0.4 is 10.1 Å². The van der Waals surface area contributed by atoms with Crippen molar-refractivity contribution < 1.29 is 45.4 Å². The molecule has 1 aromatic heterocycles. The van der Waals surface area contributed by atoms with Crippen molar-refractivity contribution in [3.8, 4) is 5.75 Å². The number of methoxy groups -OCH3 is 1. The van der Waals surface area contributed by atoms with Crippen molar-refractivity contribution in [1.82, 2.24) is 24.4 Å². The number of sulfonamides is 1. The van der Waals surface area contributed by atoms with Crippen LogP contribution in [0.2, 0.25) is 0 Å². The largest absolute Gasteiger partial charge is 0.497 e. The molecule has 1 amide bonds. The highest BCUT2D eigenvalue weighted by atomic mass is 32.2. The van der Waals surface area contributed by atoms with Crippen molar-refractivity contribution in [1.29, 1.82) is 0 Å². The van der Waals surface area contributed by atoms with Crippen LogP contribution in [0.4, 0.5) is 13.2 Å². The Bertz CT molecular complexity index is 1370. The molecule has 2 heterocycles. The maximum Gasteiger partial charge on any atom is 0.490 e. The Morgan fingerprint density at radius 2 is 1.70 bits per heavy atom. The van der Waals surface area contributed by atoms with Crippen molar-refractivity contribution >= 4 is 21.9 Å². The number of carbonyl (C=O) groups is 2. The summed E-state index contributed by atoms with van der Waals surface area (Å²) in [6.45, 7) is 12.6. The Kier molecular flexibility index (Phi) is 12.2. The number of nitrogens with zero attached hydrogens (tertiary/aromatic N) is 4. The van der Waals surface area contributed by atoms with Crippen LogP contribution in [0.25, 0.3) is 0 Å². The summed E-state index contributed by atoms with van der Waals surface area (Å²) in [6.07, 6.45) is -1.35. The predicted molar refractivity (Wildman–Crippen MR) is 154 cm³/mol. The zero-order chi connectivity index (χ0) is 32.7. The van der Waals surface area contributed by atoms with Gasteiger partial charge in [0.2, 0.25) is 15.9 Å². The maximum atomic E-state index is 13.7. The maximum absolute atomic E-state index is 13.7. The van der Waals surface area contributed by atoms with Gasteiger partial charge in [-0.05, 0) is 69.5 Å². The van der Waals surface area contributed by atoms with E-state index in [2.05, 4.69) is 27.0 Å². The van der Waals surface area contributed by atoms with Gasteiger partial charge in [0.25, 0.3) is 5.91 Å². The SMILES string of the molecule is CCN1CCN(CCCNC(=O)c2coc(CN(C3CC3)S(=O)(=O)c3c(C)cc(OC)cc3C)n2)CC1.O=C(O)C(F)(F)F. The number of hydrogen-bond acceptors (Lipinski definition) is 9. The highest BCUT2D eigenvalue weighted by Gasteiger charge is 2.40. The van der Waals surface area contributed by atoms with Gasteiger partial charge in [0.15, 0.2) is 5.69 Å². The first kappa shape index (κ1) is 35.3. The van der Waals surface area contributed by atoms with Gasteiger partial charge < -0.3 is 29.4 Å². The first-order valence-corrected chi connectivity index (χ1v) is 15.8. The van der Waals surface area contributed by atoms with Crippen LogP contribution in [0.3, 0.4) is 0 Å². The van der Waals surface area contributed by atoms with Gasteiger partial charge in [0, 0.05) is 38.8 Å². The normalized spacial score (nSPS) is 16.4. The predicted octanol–water partition coefficient (Wildman–Crippen LogP) is 3.04. The van der Waals surface area contributed by atoms with E-state index in [1.54, 1.807) is 33.1 Å². The molecule has 2 N–H and O–H groups in total. The van der Waals surface area contributed by atoms with E-state index in [1.807, 2.05) is 0 Å². The fraction of sp³-hybridized carbons (Fsp3) is 0.607. The molecule has 1 aromatic carbocycles. The number of nitrogens with one attached hydrogen (secondary N) is 1. The number of aliphatic carboxylic acids is 1. The lowest BCUT2D eigenvalue weighted by Crippen LogP contribution is -2.46. The number of aryl methyl sites for hydroxylation is 2. The Hall–Kier alpha value is -3.21. The van der Waals surface area contributed by atoms with Gasteiger partial charge in [-0.15, -0.1) is 0 Å². The van der Waals surface area contributed by atoms with E-state index in [9.17, 15) is 26.4 Å². The fourth-order valence-electron chi connectivity index (χ4n) is 4.87.